The summed E-state index contributed by atoms with van der Waals surface area (Å²) in [4.78, 5) is 11.0. The van der Waals surface area contributed by atoms with Gasteiger partial charge in [0.15, 0.2) is 29.1 Å². The van der Waals surface area contributed by atoms with Crippen LogP contribution in [0.2, 0.25) is 0 Å². The van der Waals surface area contributed by atoms with E-state index in [9.17, 15) is 0 Å². The van der Waals surface area contributed by atoms with Crippen molar-refractivity contribution in [3.8, 4) is 0 Å². The summed E-state index contributed by atoms with van der Waals surface area (Å²) in [6.45, 7) is 7.77. The number of anilines is 1. The van der Waals surface area contributed by atoms with E-state index >= 15 is 17.6 Å². The second-order valence-electron chi connectivity index (χ2n) is 12.0. The zero-order chi connectivity index (χ0) is 28.8. The fourth-order valence-corrected chi connectivity index (χ4v) is 5.35. The molecule has 4 aromatic rings. The molecular formula is C31H37F4N5. The van der Waals surface area contributed by atoms with Crippen LogP contribution in [0.4, 0.5) is 23.4 Å². The standard InChI is InChI=1S/C31H37F4N5/c1-5-6-11-23-38-28-29(19-9-7-8-10-22(19)37-30(28)36)40(23)17-21-26(34)24(32)20(25(33)27(21)35)16-39(31(2,3)4)15-14-18-12-13-18/h7-10,18H,5-6,11-17H2,1-4H3,(H2,36,37). The molecule has 1 saturated carbocycles. The lowest BCUT2D eigenvalue weighted by atomic mass is 10.0. The second-order valence-corrected chi connectivity index (χ2v) is 12.0. The molecule has 2 aromatic carbocycles. The normalized spacial score (nSPS) is 14.2. The molecule has 40 heavy (non-hydrogen) atoms. The number of fused-ring (bicyclic) bond motifs is 3. The molecule has 0 saturated heterocycles. The van der Waals surface area contributed by atoms with Crippen molar-refractivity contribution in [3.05, 3.63) is 64.5 Å². The van der Waals surface area contributed by atoms with Crippen LogP contribution in [0.25, 0.3) is 21.9 Å². The van der Waals surface area contributed by atoms with E-state index in [1.807, 2.05) is 50.8 Å². The lowest BCUT2D eigenvalue weighted by molar-refractivity contribution is 0.119. The highest BCUT2D eigenvalue weighted by Gasteiger charge is 2.32. The van der Waals surface area contributed by atoms with Crippen LogP contribution in [0.5, 0.6) is 0 Å². The minimum Gasteiger partial charge on any atom is -0.382 e. The molecule has 1 fully saturated rings. The van der Waals surface area contributed by atoms with Gasteiger partial charge in [0.2, 0.25) is 0 Å². The maximum atomic E-state index is 15.7. The molecule has 1 aliphatic rings. The number of para-hydroxylation sites is 1. The molecule has 5 nitrogen and oxygen atoms in total. The van der Waals surface area contributed by atoms with Gasteiger partial charge in [0.05, 0.1) is 17.6 Å². The van der Waals surface area contributed by atoms with Gasteiger partial charge in [-0.25, -0.2) is 27.5 Å². The van der Waals surface area contributed by atoms with Gasteiger partial charge in [-0.05, 0) is 52.1 Å². The summed E-state index contributed by atoms with van der Waals surface area (Å²) in [6, 6.07) is 7.25. The predicted molar refractivity (Wildman–Crippen MR) is 151 cm³/mol. The van der Waals surface area contributed by atoms with Gasteiger partial charge in [-0.15, -0.1) is 0 Å². The molecule has 0 spiro atoms. The van der Waals surface area contributed by atoms with Crippen LogP contribution in [0.1, 0.15) is 76.8 Å². The van der Waals surface area contributed by atoms with E-state index in [1.165, 1.54) is 0 Å². The Labute approximate surface area is 232 Å². The van der Waals surface area contributed by atoms with Crippen LogP contribution < -0.4 is 5.73 Å². The van der Waals surface area contributed by atoms with Gasteiger partial charge in [-0.2, -0.15) is 0 Å². The summed E-state index contributed by atoms with van der Waals surface area (Å²) in [6.07, 6.45) is 5.34. The molecule has 0 aliphatic heterocycles. The highest BCUT2D eigenvalue weighted by molar-refractivity contribution is 6.06. The molecule has 5 rings (SSSR count). The molecule has 0 bridgehead atoms. The van der Waals surface area contributed by atoms with Crippen LogP contribution in [-0.4, -0.2) is 31.5 Å². The van der Waals surface area contributed by atoms with Crippen molar-refractivity contribution in [1.29, 1.82) is 0 Å². The van der Waals surface area contributed by atoms with Gasteiger partial charge in [0.1, 0.15) is 11.3 Å². The zero-order valence-electron chi connectivity index (χ0n) is 23.6. The molecule has 214 valence electrons. The minimum atomic E-state index is -1.38. The van der Waals surface area contributed by atoms with Crippen molar-refractivity contribution >= 4 is 27.8 Å². The molecule has 0 amide bonds. The summed E-state index contributed by atoms with van der Waals surface area (Å²) in [7, 11) is 0. The Bertz CT molecular complexity index is 1520. The van der Waals surface area contributed by atoms with Gasteiger partial charge >= 0.3 is 0 Å². The number of unbranched alkanes of at least 4 members (excludes halogenated alkanes) is 1. The Morgan fingerprint density at radius 1 is 0.975 bits per heavy atom. The molecular weight excluding hydrogens is 518 g/mol. The van der Waals surface area contributed by atoms with Gasteiger partial charge < -0.3 is 10.3 Å². The predicted octanol–water partition coefficient (Wildman–Crippen LogP) is 7.51. The zero-order valence-corrected chi connectivity index (χ0v) is 23.6. The average Bonchev–Trinajstić information content (AvgIpc) is 3.67. The number of hydrogen-bond donors (Lipinski definition) is 1. The largest absolute Gasteiger partial charge is 0.382 e. The molecule has 2 heterocycles. The maximum absolute atomic E-state index is 15.7. The van der Waals surface area contributed by atoms with Gasteiger partial charge in [-0.1, -0.05) is 44.4 Å². The fourth-order valence-electron chi connectivity index (χ4n) is 5.35. The molecule has 1 aliphatic carbocycles. The molecule has 0 unspecified atom stereocenters. The van der Waals surface area contributed by atoms with Crippen molar-refractivity contribution in [3.63, 3.8) is 0 Å². The molecule has 9 heteroatoms. The smallest absolute Gasteiger partial charge is 0.167 e. The third-order valence-electron chi connectivity index (χ3n) is 8.01. The number of hydrogen-bond acceptors (Lipinski definition) is 4. The number of imidazole rings is 1. The fraction of sp³-hybridized carbons (Fsp3) is 0.484. The number of benzene rings is 2. The van der Waals surface area contributed by atoms with Crippen molar-refractivity contribution < 1.29 is 17.6 Å². The summed E-state index contributed by atoms with van der Waals surface area (Å²) in [5.41, 5.74) is 6.08. The van der Waals surface area contributed by atoms with E-state index in [1.54, 1.807) is 10.6 Å². The Kier molecular flexibility index (Phi) is 7.79. The second kappa shape index (κ2) is 11.0. The number of pyridine rings is 1. The van der Waals surface area contributed by atoms with E-state index in [0.717, 1.165) is 32.1 Å². The number of halogens is 4. The Balaban J connectivity index is 1.60. The first kappa shape index (κ1) is 28.3. The van der Waals surface area contributed by atoms with Crippen molar-refractivity contribution in [2.45, 2.75) is 84.8 Å². The molecule has 0 atom stereocenters. The first-order valence-electron chi connectivity index (χ1n) is 14.1. The lowest BCUT2D eigenvalue weighted by Crippen LogP contribution is -2.42. The van der Waals surface area contributed by atoms with Crippen molar-refractivity contribution in [2.24, 2.45) is 5.92 Å². The first-order chi connectivity index (χ1) is 19.0. The van der Waals surface area contributed by atoms with E-state index in [4.69, 9.17) is 5.73 Å². The van der Waals surface area contributed by atoms with E-state index in [0.29, 0.717) is 46.6 Å². The van der Waals surface area contributed by atoms with Gasteiger partial charge in [-0.3, -0.25) is 4.90 Å². The van der Waals surface area contributed by atoms with E-state index in [-0.39, 0.29) is 12.4 Å². The van der Waals surface area contributed by atoms with Crippen LogP contribution >= 0.6 is 0 Å². The van der Waals surface area contributed by atoms with Gasteiger partial charge in [0.25, 0.3) is 0 Å². The molecule has 2 N–H and O–H groups in total. The third kappa shape index (κ3) is 5.40. The highest BCUT2D eigenvalue weighted by Crippen LogP contribution is 2.35. The maximum Gasteiger partial charge on any atom is 0.167 e. The Morgan fingerprint density at radius 2 is 1.62 bits per heavy atom. The summed E-state index contributed by atoms with van der Waals surface area (Å²) >= 11 is 0. The van der Waals surface area contributed by atoms with Crippen LogP contribution in [-0.2, 0) is 19.5 Å². The van der Waals surface area contributed by atoms with Crippen molar-refractivity contribution in [2.75, 3.05) is 12.3 Å². The monoisotopic (exact) mass is 555 g/mol. The molecule has 0 radical (unpaired) electrons. The van der Waals surface area contributed by atoms with E-state index in [2.05, 4.69) is 9.97 Å². The lowest BCUT2D eigenvalue weighted by Gasteiger charge is -2.36. The Hall–Kier alpha value is -3.20. The topological polar surface area (TPSA) is 60.0 Å². The average molecular weight is 556 g/mol. The Morgan fingerprint density at radius 3 is 2.25 bits per heavy atom. The minimum absolute atomic E-state index is 0.187. The number of nitrogen functional groups attached to an aromatic ring is 1. The number of rotatable bonds is 10. The number of aromatic nitrogens is 3. The SMILES string of the molecule is CCCCc1nc2c(N)nc3ccccc3c2n1Cc1c(F)c(F)c(CN(CCC2CC2)C(C)(C)C)c(F)c1F. The summed E-state index contributed by atoms with van der Waals surface area (Å²) < 4.78 is 64.1. The quantitative estimate of drug-likeness (QED) is 0.162. The van der Waals surface area contributed by atoms with E-state index < -0.39 is 46.5 Å². The summed E-state index contributed by atoms with van der Waals surface area (Å²) in [5, 5.41) is 0.691. The number of nitrogens with zero attached hydrogens (tertiary/aromatic N) is 4. The van der Waals surface area contributed by atoms with Crippen LogP contribution in [0, 0.1) is 29.2 Å². The number of aryl methyl sites for hydroxylation is 1. The third-order valence-corrected chi connectivity index (χ3v) is 8.01. The van der Waals surface area contributed by atoms with Crippen molar-refractivity contribution in [1.82, 2.24) is 19.4 Å². The first-order valence-corrected chi connectivity index (χ1v) is 14.1. The van der Waals surface area contributed by atoms with Crippen LogP contribution in [0.3, 0.4) is 0 Å². The number of nitrogens with two attached hydrogens (primary N) is 1. The van der Waals surface area contributed by atoms with Crippen LogP contribution in [0.15, 0.2) is 24.3 Å². The summed E-state index contributed by atoms with van der Waals surface area (Å²) in [5.74, 6) is -4.11. The highest BCUT2D eigenvalue weighted by atomic mass is 19.2. The van der Waals surface area contributed by atoms with Gasteiger partial charge in [0, 0.05) is 35.0 Å². The molecule has 2 aromatic heterocycles.